The Bertz CT molecular complexity index is 409. The standard InChI is InChI=1S/C15H17O4/c1-4-11-17-14(16)10-12-18-19-15(2,3)13-8-6-5-7-9-13/h5-10,12H,4,11H2,2-3H3. The second-order valence-electron chi connectivity index (χ2n) is 4.28. The van der Waals surface area contributed by atoms with Crippen LogP contribution in [-0.4, -0.2) is 12.6 Å². The molecule has 1 aromatic rings. The third-order valence-corrected chi connectivity index (χ3v) is 2.33. The van der Waals surface area contributed by atoms with Crippen LogP contribution in [0.1, 0.15) is 25.8 Å². The highest BCUT2D eigenvalue weighted by Gasteiger charge is 2.22. The second-order valence-corrected chi connectivity index (χ2v) is 4.28. The van der Waals surface area contributed by atoms with Crippen LogP contribution in [-0.2, 0) is 24.9 Å². The molecule has 0 unspecified atom stereocenters. The van der Waals surface area contributed by atoms with Crippen LogP contribution in [0.4, 0.5) is 0 Å². The molecule has 1 aromatic carbocycles. The van der Waals surface area contributed by atoms with Gasteiger partial charge in [0, 0.05) is 0 Å². The Morgan fingerprint density at radius 2 is 2.00 bits per heavy atom. The van der Waals surface area contributed by atoms with E-state index < -0.39 is 11.6 Å². The Kier molecular flexibility index (Phi) is 6.09. The highest BCUT2D eigenvalue weighted by atomic mass is 17.2. The van der Waals surface area contributed by atoms with Gasteiger partial charge in [-0.25, -0.2) is 4.79 Å². The van der Waals surface area contributed by atoms with Crippen molar-refractivity contribution < 1.29 is 19.3 Å². The summed E-state index contributed by atoms with van der Waals surface area (Å²) in [6.07, 6.45) is 2.27. The number of benzene rings is 1. The molecule has 101 valence electrons. The third kappa shape index (κ3) is 5.57. The van der Waals surface area contributed by atoms with E-state index in [-0.39, 0.29) is 13.0 Å². The molecule has 0 bridgehead atoms. The van der Waals surface area contributed by atoms with E-state index in [1.54, 1.807) is 0 Å². The summed E-state index contributed by atoms with van der Waals surface area (Å²) in [5, 5.41) is 0. The van der Waals surface area contributed by atoms with Gasteiger partial charge in [0.1, 0.15) is 11.9 Å². The van der Waals surface area contributed by atoms with E-state index in [1.165, 1.54) is 0 Å². The monoisotopic (exact) mass is 261 g/mol. The van der Waals surface area contributed by atoms with Crippen molar-refractivity contribution in [2.45, 2.75) is 25.9 Å². The predicted octanol–water partition coefficient (Wildman–Crippen LogP) is 2.90. The fourth-order valence-electron chi connectivity index (χ4n) is 1.32. The molecule has 0 amide bonds. The van der Waals surface area contributed by atoms with Gasteiger partial charge in [-0.2, -0.15) is 4.89 Å². The zero-order valence-electron chi connectivity index (χ0n) is 11.1. The Morgan fingerprint density at radius 3 is 2.63 bits per heavy atom. The maximum Gasteiger partial charge on any atom is 0.334 e. The zero-order chi connectivity index (χ0) is 14.1. The smallest absolute Gasteiger partial charge is 0.334 e. The van der Waals surface area contributed by atoms with Gasteiger partial charge in [-0.1, -0.05) is 30.3 Å². The molecule has 0 saturated carbocycles. The molecule has 0 saturated heterocycles. The number of hydrogen-bond donors (Lipinski definition) is 0. The molecule has 0 N–H and O–H groups in total. The van der Waals surface area contributed by atoms with Crippen molar-refractivity contribution in [3.8, 4) is 0 Å². The van der Waals surface area contributed by atoms with E-state index in [9.17, 15) is 4.79 Å². The molecule has 0 spiro atoms. The average molecular weight is 261 g/mol. The van der Waals surface area contributed by atoms with Gasteiger partial charge in [0.25, 0.3) is 0 Å². The number of esters is 1. The van der Waals surface area contributed by atoms with E-state index in [0.29, 0.717) is 0 Å². The molecule has 0 aliphatic carbocycles. The quantitative estimate of drug-likeness (QED) is 0.249. The number of ether oxygens (including phenoxy) is 1. The summed E-state index contributed by atoms with van der Waals surface area (Å²) >= 11 is 0. The summed E-state index contributed by atoms with van der Waals surface area (Å²) in [7, 11) is 0. The topological polar surface area (TPSA) is 44.8 Å². The van der Waals surface area contributed by atoms with Crippen molar-refractivity contribution in [1.29, 1.82) is 0 Å². The molecule has 0 aliphatic rings. The first-order chi connectivity index (χ1) is 9.06. The molecular weight excluding hydrogens is 244 g/mol. The van der Waals surface area contributed by atoms with E-state index in [1.807, 2.05) is 44.2 Å². The van der Waals surface area contributed by atoms with Gasteiger partial charge in [-0.05, 0) is 32.8 Å². The van der Waals surface area contributed by atoms with Gasteiger partial charge >= 0.3 is 5.97 Å². The van der Waals surface area contributed by atoms with Crippen molar-refractivity contribution in [3.63, 3.8) is 0 Å². The molecule has 1 rings (SSSR count). The largest absolute Gasteiger partial charge is 0.462 e. The van der Waals surface area contributed by atoms with Gasteiger partial charge in [0.2, 0.25) is 0 Å². The SMILES string of the molecule is [C]CCOC(=O)C=COOC(C)(C)c1ccccc1. The molecule has 0 atom stereocenters. The van der Waals surface area contributed by atoms with E-state index in [4.69, 9.17) is 16.7 Å². The van der Waals surface area contributed by atoms with Crippen molar-refractivity contribution in [2.75, 3.05) is 6.61 Å². The maximum atomic E-state index is 11.1. The summed E-state index contributed by atoms with van der Waals surface area (Å²) in [5.41, 5.74) is 0.330. The lowest BCUT2D eigenvalue weighted by Crippen LogP contribution is -2.20. The van der Waals surface area contributed by atoms with Crippen molar-refractivity contribution >= 4 is 5.97 Å². The van der Waals surface area contributed by atoms with Crippen LogP contribution in [0.2, 0.25) is 0 Å². The highest BCUT2D eigenvalue weighted by molar-refractivity contribution is 5.81. The normalized spacial score (nSPS) is 11.5. The van der Waals surface area contributed by atoms with Gasteiger partial charge in [0.15, 0.2) is 0 Å². The van der Waals surface area contributed by atoms with Crippen molar-refractivity contribution in [3.05, 3.63) is 55.2 Å². The van der Waals surface area contributed by atoms with Crippen LogP contribution in [0.25, 0.3) is 0 Å². The Labute approximate surface area is 113 Å². The van der Waals surface area contributed by atoms with Crippen molar-refractivity contribution in [2.24, 2.45) is 0 Å². The molecule has 4 nitrogen and oxygen atoms in total. The summed E-state index contributed by atoms with van der Waals surface area (Å²) < 4.78 is 4.66. The van der Waals surface area contributed by atoms with Crippen molar-refractivity contribution in [1.82, 2.24) is 0 Å². The van der Waals surface area contributed by atoms with Gasteiger partial charge in [-0.3, -0.25) is 0 Å². The summed E-state index contributed by atoms with van der Waals surface area (Å²) in [4.78, 5) is 21.2. The molecule has 3 radical (unpaired) electrons. The van der Waals surface area contributed by atoms with Crippen LogP contribution >= 0.6 is 0 Å². The second kappa shape index (κ2) is 7.59. The first kappa shape index (κ1) is 15.2. The molecule has 4 heteroatoms. The first-order valence-electron chi connectivity index (χ1n) is 5.94. The lowest BCUT2D eigenvalue weighted by Gasteiger charge is -2.22. The van der Waals surface area contributed by atoms with Crippen LogP contribution in [0.5, 0.6) is 0 Å². The molecular formula is C15H17O4. The maximum absolute atomic E-state index is 11.1. The Hall–Kier alpha value is -1.81. The zero-order valence-corrected chi connectivity index (χ0v) is 11.1. The van der Waals surface area contributed by atoms with E-state index >= 15 is 0 Å². The van der Waals surface area contributed by atoms with Gasteiger partial charge in [0.05, 0.1) is 12.7 Å². The van der Waals surface area contributed by atoms with Crippen LogP contribution in [0.15, 0.2) is 42.7 Å². The predicted molar refractivity (Wildman–Crippen MR) is 69.6 cm³/mol. The molecule has 0 fully saturated rings. The third-order valence-electron chi connectivity index (χ3n) is 2.33. The minimum atomic E-state index is -0.628. The van der Waals surface area contributed by atoms with Gasteiger partial charge in [-0.15, -0.1) is 0 Å². The lowest BCUT2D eigenvalue weighted by molar-refractivity contribution is -0.321. The summed E-state index contributed by atoms with van der Waals surface area (Å²) in [5.74, 6) is -0.562. The molecule has 19 heavy (non-hydrogen) atoms. The minimum Gasteiger partial charge on any atom is -0.462 e. The number of rotatable bonds is 7. The number of carbonyl (C=O) groups is 1. The Morgan fingerprint density at radius 1 is 1.32 bits per heavy atom. The Balaban J connectivity index is 2.40. The van der Waals surface area contributed by atoms with Crippen LogP contribution < -0.4 is 0 Å². The van der Waals surface area contributed by atoms with Crippen LogP contribution in [0, 0.1) is 6.92 Å². The fraction of sp³-hybridized carbons (Fsp3) is 0.333. The number of carbonyl (C=O) groups excluding carboxylic acids is 1. The summed E-state index contributed by atoms with van der Waals surface area (Å²) in [6.45, 7) is 10.6. The van der Waals surface area contributed by atoms with E-state index in [0.717, 1.165) is 17.9 Å². The highest BCUT2D eigenvalue weighted by Crippen LogP contribution is 2.24. The van der Waals surface area contributed by atoms with Gasteiger partial charge < -0.3 is 9.62 Å². The minimum absolute atomic E-state index is 0.0397. The molecule has 0 aliphatic heterocycles. The fourth-order valence-corrected chi connectivity index (χ4v) is 1.32. The molecule has 0 heterocycles. The summed E-state index contributed by atoms with van der Waals surface area (Å²) in [6, 6.07) is 9.59. The van der Waals surface area contributed by atoms with E-state index in [2.05, 4.69) is 4.74 Å². The molecule has 0 aromatic heterocycles. The first-order valence-corrected chi connectivity index (χ1v) is 5.94. The number of hydrogen-bond acceptors (Lipinski definition) is 4. The lowest BCUT2D eigenvalue weighted by atomic mass is 9.99. The van der Waals surface area contributed by atoms with Crippen LogP contribution in [0.3, 0.4) is 0 Å². The average Bonchev–Trinajstić information content (AvgIpc) is 2.42.